The molecular weight excluding hydrogens is 371 g/mol. The fourth-order valence-electron chi connectivity index (χ4n) is 2.19. The predicted molar refractivity (Wildman–Crippen MR) is 103 cm³/mol. The largest absolute Gasteiger partial charge is 0.416 e. The first-order valence-electron chi connectivity index (χ1n) is 8.58. The van der Waals surface area contributed by atoms with Crippen molar-refractivity contribution in [3.63, 3.8) is 0 Å². The summed E-state index contributed by atoms with van der Waals surface area (Å²) < 4.78 is 38.2. The molecule has 0 fully saturated rings. The lowest BCUT2D eigenvalue weighted by molar-refractivity contribution is -0.137. The van der Waals surface area contributed by atoms with Crippen LogP contribution >= 0.6 is 0 Å². The number of amides is 2. The van der Waals surface area contributed by atoms with Crippen LogP contribution in [0.3, 0.4) is 0 Å². The van der Waals surface area contributed by atoms with Crippen molar-refractivity contribution in [3.8, 4) is 0 Å². The molecular formula is C20H22F3N3O2. The third-order valence-corrected chi connectivity index (χ3v) is 3.73. The molecule has 0 bridgehead atoms. The SMILES string of the molecule is CC(C)(C)C(=O)Nc1cccc(NCC(=O)Nc2cccc(C(F)(F)F)c2)c1. The number of nitrogens with one attached hydrogen (secondary N) is 3. The molecule has 0 radical (unpaired) electrons. The van der Waals surface area contributed by atoms with Gasteiger partial charge in [0.25, 0.3) is 0 Å². The van der Waals surface area contributed by atoms with Crippen molar-refractivity contribution in [2.75, 3.05) is 22.5 Å². The van der Waals surface area contributed by atoms with Gasteiger partial charge < -0.3 is 16.0 Å². The van der Waals surface area contributed by atoms with Gasteiger partial charge in [0.15, 0.2) is 0 Å². The average molecular weight is 393 g/mol. The Bertz CT molecular complexity index is 858. The zero-order chi connectivity index (χ0) is 20.9. The van der Waals surface area contributed by atoms with Crippen LogP contribution < -0.4 is 16.0 Å². The molecule has 2 amide bonds. The van der Waals surface area contributed by atoms with Crippen LogP contribution in [-0.2, 0) is 15.8 Å². The van der Waals surface area contributed by atoms with Crippen molar-refractivity contribution >= 4 is 28.9 Å². The molecule has 0 aliphatic heterocycles. The number of hydrogen-bond donors (Lipinski definition) is 3. The van der Waals surface area contributed by atoms with Gasteiger partial charge in [-0.3, -0.25) is 9.59 Å². The second kappa shape index (κ2) is 8.33. The minimum atomic E-state index is -4.48. The van der Waals surface area contributed by atoms with Crippen molar-refractivity contribution in [3.05, 3.63) is 54.1 Å². The maximum Gasteiger partial charge on any atom is 0.416 e. The molecule has 0 saturated carbocycles. The summed E-state index contributed by atoms with van der Waals surface area (Å²) in [4.78, 5) is 24.1. The summed E-state index contributed by atoms with van der Waals surface area (Å²) in [5, 5.41) is 8.08. The Hall–Kier alpha value is -3.03. The maximum atomic E-state index is 12.7. The van der Waals surface area contributed by atoms with E-state index >= 15 is 0 Å². The van der Waals surface area contributed by atoms with Gasteiger partial charge in [0.2, 0.25) is 11.8 Å². The van der Waals surface area contributed by atoms with Gasteiger partial charge >= 0.3 is 6.18 Å². The van der Waals surface area contributed by atoms with Gasteiger partial charge in [-0.2, -0.15) is 13.2 Å². The van der Waals surface area contributed by atoms with Gasteiger partial charge in [-0.05, 0) is 36.4 Å². The van der Waals surface area contributed by atoms with Crippen LogP contribution in [0.1, 0.15) is 26.3 Å². The molecule has 0 aliphatic carbocycles. The maximum absolute atomic E-state index is 12.7. The van der Waals surface area contributed by atoms with E-state index in [4.69, 9.17) is 0 Å². The zero-order valence-corrected chi connectivity index (χ0v) is 15.8. The van der Waals surface area contributed by atoms with E-state index in [2.05, 4.69) is 16.0 Å². The van der Waals surface area contributed by atoms with Gasteiger partial charge in [0.1, 0.15) is 0 Å². The molecule has 2 aromatic carbocycles. The number of carbonyl (C=O) groups excluding carboxylic acids is 2. The fourth-order valence-corrected chi connectivity index (χ4v) is 2.19. The molecule has 8 heteroatoms. The molecule has 150 valence electrons. The van der Waals surface area contributed by atoms with E-state index in [9.17, 15) is 22.8 Å². The summed E-state index contributed by atoms with van der Waals surface area (Å²) in [6, 6.07) is 11.2. The highest BCUT2D eigenvalue weighted by molar-refractivity contribution is 5.95. The molecule has 0 unspecified atom stereocenters. The highest BCUT2D eigenvalue weighted by Crippen LogP contribution is 2.30. The Balaban J connectivity index is 1.95. The summed E-state index contributed by atoms with van der Waals surface area (Å²) in [5.41, 5.74) is -0.156. The average Bonchev–Trinajstić information content (AvgIpc) is 2.59. The summed E-state index contributed by atoms with van der Waals surface area (Å²) >= 11 is 0. The first-order valence-corrected chi connectivity index (χ1v) is 8.58. The van der Waals surface area contributed by atoms with E-state index in [0.29, 0.717) is 11.4 Å². The number of carbonyl (C=O) groups is 2. The van der Waals surface area contributed by atoms with Gasteiger partial charge in [-0.25, -0.2) is 0 Å². The minimum Gasteiger partial charge on any atom is -0.376 e. The Morgan fingerprint density at radius 2 is 1.43 bits per heavy atom. The van der Waals surface area contributed by atoms with Crippen molar-refractivity contribution < 1.29 is 22.8 Å². The van der Waals surface area contributed by atoms with Crippen LogP contribution in [0, 0.1) is 5.41 Å². The van der Waals surface area contributed by atoms with E-state index < -0.39 is 23.1 Å². The second-order valence-corrected chi connectivity index (χ2v) is 7.27. The molecule has 5 nitrogen and oxygen atoms in total. The Labute approximate surface area is 161 Å². The van der Waals surface area contributed by atoms with E-state index in [0.717, 1.165) is 12.1 Å². The van der Waals surface area contributed by atoms with E-state index in [-0.39, 0.29) is 18.1 Å². The lowest BCUT2D eigenvalue weighted by Gasteiger charge is -2.18. The Morgan fingerprint density at radius 1 is 0.857 bits per heavy atom. The summed E-state index contributed by atoms with van der Waals surface area (Å²) in [6.45, 7) is 5.24. The first-order chi connectivity index (χ1) is 12.9. The lowest BCUT2D eigenvalue weighted by atomic mass is 9.95. The van der Waals surface area contributed by atoms with Crippen LogP contribution in [0.2, 0.25) is 0 Å². The predicted octanol–water partition coefficient (Wildman–Crippen LogP) is 4.74. The molecule has 0 aromatic heterocycles. The normalized spacial score (nSPS) is 11.6. The van der Waals surface area contributed by atoms with E-state index in [1.807, 2.05) is 0 Å². The van der Waals surface area contributed by atoms with Gasteiger partial charge in [0, 0.05) is 22.5 Å². The number of hydrogen-bond acceptors (Lipinski definition) is 3. The summed E-state index contributed by atoms with van der Waals surface area (Å²) in [7, 11) is 0. The third-order valence-electron chi connectivity index (χ3n) is 3.73. The molecule has 28 heavy (non-hydrogen) atoms. The van der Waals surface area contributed by atoms with Crippen LogP contribution in [0.15, 0.2) is 48.5 Å². The Morgan fingerprint density at radius 3 is 2.04 bits per heavy atom. The highest BCUT2D eigenvalue weighted by Gasteiger charge is 2.30. The number of alkyl halides is 3. The zero-order valence-electron chi connectivity index (χ0n) is 15.8. The second-order valence-electron chi connectivity index (χ2n) is 7.27. The fraction of sp³-hybridized carbons (Fsp3) is 0.300. The smallest absolute Gasteiger partial charge is 0.376 e. The van der Waals surface area contributed by atoms with E-state index in [1.54, 1.807) is 45.0 Å². The summed E-state index contributed by atoms with van der Waals surface area (Å²) in [5.74, 6) is -0.643. The number of halogens is 3. The number of rotatable bonds is 5. The van der Waals surface area contributed by atoms with Crippen molar-refractivity contribution in [1.82, 2.24) is 0 Å². The van der Waals surface area contributed by atoms with Crippen molar-refractivity contribution in [1.29, 1.82) is 0 Å². The quantitative estimate of drug-likeness (QED) is 0.687. The Kier molecular flexibility index (Phi) is 6.33. The van der Waals surface area contributed by atoms with Crippen LogP contribution in [0.25, 0.3) is 0 Å². The molecule has 2 aromatic rings. The molecule has 0 spiro atoms. The van der Waals surface area contributed by atoms with Crippen LogP contribution in [0.4, 0.5) is 30.2 Å². The minimum absolute atomic E-state index is 0.0628. The third kappa shape index (κ3) is 6.29. The van der Waals surface area contributed by atoms with Gasteiger partial charge in [-0.15, -0.1) is 0 Å². The van der Waals surface area contributed by atoms with Gasteiger partial charge in [0.05, 0.1) is 12.1 Å². The molecule has 0 saturated heterocycles. The number of anilines is 3. The monoisotopic (exact) mass is 393 g/mol. The van der Waals surface area contributed by atoms with Crippen molar-refractivity contribution in [2.45, 2.75) is 26.9 Å². The number of benzene rings is 2. The lowest BCUT2D eigenvalue weighted by Crippen LogP contribution is -2.27. The molecule has 0 atom stereocenters. The van der Waals surface area contributed by atoms with Crippen LogP contribution in [0.5, 0.6) is 0 Å². The molecule has 0 aliphatic rings. The standard InChI is InChI=1S/C20H22F3N3O2/c1-19(2,3)18(28)26-16-9-5-7-14(11-16)24-12-17(27)25-15-8-4-6-13(10-15)20(21,22)23/h4-11,24H,12H2,1-3H3,(H,25,27)(H,26,28). The molecule has 0 heterocycles. The van der Waals surface area contributed by atoms with Crippen LogP contribution in [-0.4, -0.2) is 18.4 Å². The van der Waals surface area contributed by atoms with E-state index in [1.165, 1.54) is 12.1 Å². The van der Waals surface area contributed by atoms with Gasteiger partial charge in [-0.1, -0.05) is 32.9 Å². The summed E-state index contributed by atoms with van der Waals surface area (Å²) in [6.07, 6.45) is -4.48. The molecule has 2 rings (SSSR count). The molecule has 3 N–H and O–H groups in total. The highest BCUT2D eigenvalue weighted by atomic mass is 19.4. The first kappa shape index (κ1) is 21.3. The van der Waals surface area contributed by atoms with Crippen molar-refractivity contribution in [2.24, 2.45) is 5.41 Å². The topological polar surface area (TPSA) is 70.2 Å².